The van der Waals surface area contributed by atoms with E-state index in [1.807, 2.05) is 6.07 Å². The third kappa shape index (κ3) is 5.83. The number of aromatic nitrogens is 1. The lowest BCUT2D eigenvalue weighted by Crippen LogP contribution is -2.31. The number of esters is 1. The Labute approximate surface area is 226 Å². The van der Waals surface area contributed by atoms with E-state index in [0.29, 0.717) is 21.3 Å². The van der Waals surface area contributed by atoms with Crippen LogP contribution < -0.4 is 4.90 Å². The molecule has 8 nitrogen and oxygen atoms in total. The number of amides is 2. The van der Waals surface area contributed by atoms with E-state index in [2.05, 4.69) is 4.98 Å². The molecule has 37 heavy (non-hydrogen) atoms. The molecule has 2 aromatic carbocycles. The summed E-state index contributed by atoms with van der Waals surface area (Å²) in [6.45, 7) is 1.25. The first-order chi connectivity index (χ1) is 17.7. The number of rotatable bonds is 7. The van der Waals surface area contributed by atoms with Crippen LogP contribution in [-0.2, 0) is 14.3 Å². The maximum Gasteiger partial charge on any atom is 0.338 e. The van der Waals surface area contributed by atoms with Crippen molar-refractivity contribution in [3.63, 3.8) is 0 Å². The van der Waals surface area contributed by atoms with E-state index in [1.165, 1.54) is 42.5 Å². The van der Waals surface area contributed by atoms with E-state index in [0.717, 1.165) is 16.7 Å². The molecule has 3 aromatic rings. The second-order valence-corrected chi connectivity index (χ2v) is 10.0. The molecule has 186 valence electrons. The van der Waals surface area contributed by atoms with Crippen molar-refractivity contribution >= 4 is 64.2 Å². The molecule has 11 heteroatoms. The molecule has 2 amide bonds. The molecule has 1 fully saturated rings. The van der Waals surface area contributed by atoms with Crippen molar-refractivity contribution in [2.24, 2.45) is 0 Å². The van der Waals surface area contributed by atoms with Crippen molar-refractivity contribution in [1.82, 2.24) is 4.98 Å². The molecule has 1 aliphatic heterocycles. The van der Waals surface area contributed by atoms with Crippen LogP contribution in [0.4, 0.5) is 5.69 Å². The topological polar surface area (TPSA) is 117 Å². The highest BCUT2D eigenvalue weighted by molar-refractivity contribution is 8.00. The average molecular weight is 554 g/mol. The van der Waals surface area contributed by atoms with Gasteiger partial charge >= 0.3 is 5.97 Å². The number of nitriles is 1. The van der Waals surface area contributed by atoms with Crippen LogP contribution in [0.1, 0.15) is 38.4 Å². The quantitative estimate of drug-likeness (QED) is 0.227. The number of aryl methyl sites for hydroxylation is 1. The van der Waals surface area contributed by atoms with Crippen LogP contribution in [0.15, 0.2) is 59.6 Å². The van der Waals surface area contributed by atoms with Crippen molar-refractivity contribution < 1.29 is 23.9 Å². The molecule has 2 heterocycles. The molecule has 0 N–H and O–H groups in total. The van der Waals surface area contributed by atoms with E-state index in [1.54, 1.807) is 19.1 Å². The van der Waals surface area contributed by atoms with Crippen LogP contribution in [0.3, 0.4) is 0 Å². The van der Waals surface area contributed by atoms with Crippen LogP contribution in [0.2, 0.25) is 10.0 Å². The van der Waals surface area contributed by atoms with Gasteiger partial charge in [-0.2, -0.15) is 5.26 Å². The molecule has 0 spiro atoms. The Kier molecular flexibility index (Phi) is 7.93. The van der Waals surface area contributed by atoms with Gasteiger partial charge in [-0.15, -0.1) is 0 Å². The largest absolute Gasteiger partial charge is 0.454 e. The number of anilines is 1. The maximum atomic E-state index is 13.0. The van der Waals surface area contributed by atoms with Crippen molar-refractivity contribution in [2.45, 2.75) is 23.6 Å². The van der Waals surface area contributed by atoms with Gasteiger partial charge in [0.2, 0.25) is 17.6 Å². The summed E-state index contributed by atoms with van der Waals surface area (Å²) < 4.78 is 5.09. The van der Waals surface area contributed by atoms with E-state index >= 15 is 0 Å². The Morgan fingerprint density at radius 2 is 1.86 bits per heavy atom. The Hall–Kier alpha value is -3.71. The highest BCUT2D eigenvalue weighted by Gasteiger charge is 2.40. The molecular formula is C26H17Cl2N3O5S. The lowest BCUT2D eigenvalue weighted by atomic mass is 10.1. The molecule has 4 rings (SSSR count). The molecule has 0 bridgehead atoms. The molecular weight excluding hydrogens is 537 g/mol. The number of imide groups is 1. The Bertz CT molecular complexity index is 1470. The highest BCUT2D eigenvalue weighted by Crippen LogP contribution is 2.34. The van der Waals surface area contributed by atoms with Gasteiger partial charge in [-0.05, 0) is 61.5 Å². The van der Waals surface area contributed by atoms with Crippen molar-refractivity contribution in [2.75, 3.05) is 11.5 Å². The minimum atomic E-state index is -0.757. The van der Waals surface area contributed by atoms with Gasteiger partial charge in [-0.25, -0.2) is 14.7 Å². The number of pyridine rings is 1. The van der Waals surface area contributed by atoms with Crippen LogP contribution >= 0.6 is 35.0 Å². The Morgan fingerprint density at radius 1 is 1.14 bits per heavy atom. The third-order valence-electron chi connectivity index (χ3n) is 5.41. The first kappa shape index (κ1) is 26.4. The summed E-state index contributed by atoms with van der Waals surface area (Å²) in [6.07, 6.45) is -0.0524. The summed E-state index contributed by atoms with van der Waals surface area (Å²) in [5.74, 6) is -2.10. The predicted octanol–water partition coefficient (Wildman–Crippen LogP) is 5.03. The molecule has 0 saturated carbocycles. The fraction of sp³-hybridized carbons (Fsp3) is 0.154. The normalized spacial score (nSPS) is 15.0. The fourth-order valence-corrected chi connectivity index (χ4v) is 5.22. The minimum absolute atomic E-state index is 0.0524. The summed E-state index contributed by atoms with van der Waals surface area (Å²) in [6, 6.07) is 15.4. The summed E-state index contributed by atoms with van der Waals surface area (Å²) >= 11 is 12.9. The highest BCUT2D eigenvalue weighted by atomic mass is 35.5. The molecule has 1 unspecified atom stereocenters. The molecule has 0 aliphatic carbocycles. The van der Waals surface area contributed by atoms with Gasteiger partial charge in [0.1, 0.15) is 11.1 Å². The zero-order chi connectivity index (χ0) is 26.7. The summed E-state index contributed by atoms with van der Waals surface area (Å²) in [5, 5.41) is 9.50. The maximum absolute atomic E-state index is 13.0. The van der Waals surface area contributed by atoms with Gasteiger partial charge in [0.15, 0.2) is 6.61 Å². The van der Waals surface area contributed by atoms with E-state index in [-0.39, 0.29) is 28.3 Å². The second-order valence-electron chi connectivity index (χ2n) is 7.97. The number of ether oxygens (including phenoxy) is 1. The number of benzene rings is 2. The number of halogens is 2. The van der Waals surface area contributed by atoms with E-state index < -0.39 is 35.4 Å². The predicted molar refractivity (Wildman–Crippen MR) is 138 cm³/mol. The SMILES string of the molecule is Cc1ccc(C#N)c(SC2CC(=O)N(c3ccc(C(=O)OCC(=O)c4ccc(Cl)cc4Cl)cc3)C2=O)n1. The Balaban J connectivity index is 1.41. The van der Waals surface area contributed by atoms with Crippen LogP contribution in [0.5, 0.6) is 0 Å². The monoisotopic (exact) mass is 553 g/mol. The van der Waals surface area contributed by atoms with Crippen LogP contribution in [0, 0.1) is 18.3 Å². The fourth-order valence-electron chi connectivity index (χ4n) is 3.56. The van der Waals surface area contributed by atoms with Gasteiger partial charge in [0.25, 0.3) is 0 Å². The number of ketones is 1. The lowest BCUT2D eigenvalue weighted by molar-refractivity contribution is -0.121. The zero-order valence-corrected chi connectivity index (χ0v) is 21.6. The molecule has 1 aliphatic rings. The summed E-state index contributed by atoms with van der Waals surface area (Å²) in [7, 11) is 0. The number of Topliss-reactive ketones (excluding diaryl/α,β-unsaturated/α-hetero) is 1. The smallest absolute Gasteiger partial charge is 0.338 e. The van der Waals surface area contributed by atoms with Gasteiger partial charge in [-0.3, -0.25) is 14.4 Å². The van der Waals surface area contributed by atoms with Crippen LogP contribution in [-0.4, -0.2) is 40.4 Å². The van der Waals surface area contributed by atoms with Crippen molar-refractivity contribution in [3.05, 3.63) is 87.0 Å². The van der Waals surface area contributed by atoms with Crippen molar-refractivity contribution in [1.29, 1.82) is 5.26 Å². The molecule has 1 atom stereocenters. The number of carbonyl (C=O) groups is 4. The lowest BCUT2D eigenvalue weighted by Gasteiger charge is -2.15. The second kappa shape index (κ2) is 11.1. The van der Waals surface area contributed by atoms with Gasteiger partial charge in [-0.1, -0.05) is 35.0 Å². The third-order valence-corrected chi connectivity index (χ3v) is 7.14. The number of thioether (sulfide) groups is 1. The van der Waals surface area contributed by atoms with Crippen molar-refractivity contribution in [3.8, 4) is 6.07 Å². The number of hydrogen-bond donors (Lipinski definition) is 0. The molecule has 1 saturated heterocycles. The molecule has 0 radical (unpaired) electrons. The number of hydrogen-bond acceptors (Lipinski definition) is 8. The summed E-state index contributed by atoms with van der Waals surface area (Å²) in [5.41, 5.74) is 1.61. The zero-order valence-electron chi connectivity index (χ0n) is 19.2. The number of nitrogens with zero attached hydrogens (tertiary/aromatic N) is 3. The average Bonchev–Trinajstić information content (AvgIpc) is 3.15. The first-order valence-electron chi connectivity index (χ1n) is 10.8. The first-order valence-corrected chi connectivity index (χ1v) is 12.5. The summed E-state index contributed by atoms with van der Waals surface area (Å²) in [4.78, 5) is 55.8. The van der Waals surface area contributed by atoms with E-state index in [9.17, 15) is 24.4 Å². The minimum Gasteiger partial charge on any atom is -0.454 e. The van der Waals surface area contributed by atoms with Gasteiger partial charge < -0.3 is 4.74 Å². The van der Waals surface area contributed by atoms with Gasteiger partial charge in [0.05, 0.1) is 27.1 Å². The van der Waals surface area contributed by atoms with E-state index in [4.69, 9.17) is 27.9 Å². The van der Waals surface area contributed by atoms with Crippen LogP contribution in [0.25, 0.3) is 0 Å². The number of carbonyl (C=O) groups excluding carboxylic acids is 4. The van der Waals surface area contributed by atoms with Gasteiger partial charge in [0, 0.05) is 22.7 Å². The standard InChI is InChI=1S/C26H17Cl2N3O5S/c1-14-2-3-16(12-29)24(30-14)37-22-11-23(33)31(25(22)34)18-7-4-15(5-8-18)26(35)36-13-21(32)19-9-6-17(27)10-20(19)28/h2-10,22H,11,13H2,1H3. The Morgan fingerprint density at radius 3 is 2.54 bits per heavy atom. The molecule has 1 aromatic heterocycles.